The number of rotatable bonds is 10. The van der Waals surface area contributed by atoms with Crippen molar-refractivity contribution in [3.05, 3.63) is 35.9 Å². The highest BCUT2D eigenvalue weighted by molar-refractivity contribution is 7.54. The normalized spacial score (nSPS) is 22.9. The molecule has 33 heavy (non-hydrogen) atoms. The van der Waals surface area contributed by atoms with Crippen LogP contribution in [0.25, 0.3) is 0 Å². The summed E-state index contributed by atoms with van der Waals surface area (Å²) in [6.07, 6.45) is -1.25. The third-order valence-electron chi connectivity index (χ3n) is 5.45. The third-order valence-corrected chi connectivity index (χ3v) is 7.35. The molecule has 1 saturated heterocycles. The van der Waals surface area contributed by atoms with Crippen LogP contribution in [-0.2, 0) is 44.1 Å². The summed E-state index contributed by atoms with van der Waals surface area (Å²) in [5, 5.41) is 2.62. The smallest absolute Gasteiger partial charge is 0.332 e. The Balaban J connectivity index is 2.05. The molecule has 3 atom stereocenters. The summed E-state index contributed by atoms with van der Waals surface area (Å²) in [4.78, 5) is 36.8. The first-order valence-corrected chi connectivity index (χ1v) is 12.7. The number of hydrogen-bond acceptors (Lipinski definition) is 8. The van der Waals surface area contributed by atoms with Gasteiger partial charge in [-0.3, -0.25) is 23.5 Å². The largest absolute Gasteiger partial charge is 0.469 e. The molecule has 1 unspecified atom stereocenters. The van der Waals surface area contributed by atoms with Gasteiger partial charge in [0.15, 0.2) is 6.10 Å². The van der Waals surface area contributed by atoms with E-state index in [1.807, 2.05) is 44.2 Å². The Morgan fingerprint density at radius 2 is 1.88 bits per heavy atom. The minimum absolute atomic E-state index is 0.00618. The van der Waals surface area contributed by atoms with Crippen LogP contribution in [-0.4, -0.2) is 50.4 Å². The molecule has 1 N–H and O–H groups in total. The molecule has 1 fully saturated rings. The predicted octanol–water partition coefficient (Wildman–Crippen LogP) is 3.32. The van der Waals surface area contributed by atoms with E-state index in [1.54, 1.807) is 13.8 Å². The topological polar surface area (TPSA) is 117 Å². The zero-order valence-corrected chi connectivity index (χ0v) is 20.8. The summed E-state index contributed by atoms with van der Waals surface area (Å²) >= 11 is 0. The van der Waals surface area contributed by atoms with E-state index in [2.05, 4.69) is 10.1 Å². The van der Waals surface area contributed by atoms with Crippen LogP contribution >= 0.6 is 7.60 Å². The first-order chi connectivity index (χ1) is 15.5. The summed E-state index contributed by atoms with van der Waals surface area (Å²) in [6.45, 7) is 7.35. The molecule has 0 aliphatic carbocycles. The van der Waals surface area contributed by atoms with Crippen LogP contribution in [0.1, 0.15) is 39.7 Å². The summed E-state index contributed by atoms with van der Waals surface area (Å²) in [5.41, 5.74) is 0.0836. The zero-order valence-electron chi connectivity index (χ0n) is 19.9. The van der Waals surface area contributed by atoms with Crippen molar-refractivity contribution in [3.8, 4) is 0 Å². The van der Waals surface area contributed by atoms with E-state index in [0.29, 0.717) is 0 Å². The summed E-state index contributed by atoms with van der Waals surface area (Å²) in [7, 11) is -2.51. The average molecular weight is 483 g/mol. The molecule has 1 heterocycles. The second-order valence-electron chi connectivity index (χ2n) is 9.10. The second kappa shape index (κ2) is 11.8. The lowest BCUT2D eigenvalue weighted by Crippen LogP contribution is -2.50. The van der Waals surface area contributed by atoms with E-state index < -0.39 is 42.9 Å². The number of benzene rings is 1. The standard InChI is InChI=1S/C23H34NO8P/c1-16(2)18(22(27)30-13-17-9-7-6-8-10-17)14-33(28)31-15-23(3,4)20(32-33)21(26)24-12-11-19(25)29-5/h6-10,16,18,20H,11-15H2,1-5H3,(H,24,26)/t18-,20-,33?/m0/s1. The van der Waals surface area contributed by atoms with Crippen molar-refractivity contribution in [2.45, 2.75) is 46.8 Å². The van der Waals surface area contributed by atoms with Gasteiger partial charge in [-0.15, -0.1) is 0 Å². The van der Waals surface area contributed by atoms with Gasteiger partial charge in [0, 0.05) is 12.0 Å². The third kappa shape index (κ3) is 7.95. The maximum Gasteiger partial charge on any atom is 0.332 e. The van der Waals surface area contributed by atoms with Gasteiger partial charge in [-0.2, -0.15) is 0 Å². The maximum absolute atomic E-state index is 13.5. The van der Waals surface area contributed by atoms with Gasteiger partial charge in [0.1, 0.15) is 6.61 Å². The van der Waals surface area contributed by atoms with Gasteiger partial charge in [-0.25, -0.2) is 0 Å². The lowest BCUT2D eigenvalue weighted by Gasteiger charge is -2.41. The van der Waals surface area contributed by atoms with Crippen molar-refractivity contribution in [1.29, 1.82) is 0 Å². The predicted molar refractivity (Wildman–Crippen MR) is 121 cm³/mol. The molecule has 0 aromatic heterocycles. The molecule has 1 amide bonds. The first kappa shape index (κ1) is 27.0. The van der Waals surface area contributed by atoms with Crippen LogP contribution in [0.3, 0.4) is 0 Å². The lowest BCUT2D eigenvalue weighted by atomic mass is 9.87. The minimum Gasteiger partial charge on any atom is -0.469 e. The van der Waals surface area contributed by atoms with Crippen molar-refractivity contribution in [3.63, 3.8) is 0 Å². The van der Waals surface area contributed by atoms with Gasteiger partial charge < -0.3 is 19.3 Å². The molecule has 9 nitrogen and oxygen atoms in total. The molecule has 1 aromatic rings. The van der Waals surface area contributed by atoms with Crippen molar-refractivity contribution in [1.82, 2.24) is 5.32 Å². The van der Waals surface area contributed by atoms with Crippen LogP contribution in [0, 0.1) is 17.3 Å². The van der Waals surface area contributed by atoms with Crippen LogP contribution < -0.4 is 5.32 Å². The molecule has 10 heteroatoms. The Morgan fingerprint density at radius 3 is 2.48 bits per heavy atom. The number of carbonyl (C=O) groups excluding carboxylic acids is 3. The molecule has 0 spiro atoms. The Hall–Kier alpha value is -2.22. The van der Waals surface area contributed by atoms with Crippen molar-refractivity contribution < 1.29 is 37.5 Å². The Bertz CT molecular complexity index is 870. The Labute approximate surface area is 195 Å². The van der Waals surface area contributed by atoms with Gasteiger partial charge >= 0.3 is 19.5 Å². The van der Waals surface area contributed by atoms with E-state index in [-0.39, 0.29) is 38.3 Å². The number of nitrogens with one attached hydrogen (secondary N) is 1. The van der Waals surface area contributed by atoms with Gasteiger partial charge in [-0.05, 0) is 11.5 Å². The molecule has 0 saturated carbocycles. The lowest BCUT2D eigenvalue weighted by molar-refractivity contribution is -0.151. The second-order valence-corrected chi connectivity index (χ2v) is 11.2. The molecule has 0 radical (unpaired) electrons. The fraction of sp³-hybridized carbons (Fsp3) is 0.609. The fourth-order valence-corrected chi connectivity index (χ4v) is 5.83. The first-order valence-electron chi connectivity index (χ1n) is 10.9. The van der Waals surface area contributed by atoms with Crippen LogP contribution in [0.4, 0.5) is 0 Å². The fourth-order valence-electron chi connectivity index (χ4n) is 3.29. The summed E-state index contributed by atoms with van der Waals surface area (Å²) in [5.74, 6) is -2.38. The number of ether oxygens (including phenoxy) is 2. The Kier molecular flexibility index (Phi) is 9.64. The number of methoxy groups -OCH3 is 1. The molecule has 1 aromatic carbocycles. The van der Waals surface area contributed by atoms with Crippen molar-refractivity contribution in [2.24, 2.45) is 17.3 Å². The number of carbonyl (C=O) groups is 3. The molecule has 184 valence electrons. The van der Waals surface area contributed by atoms with Gasteiger partial charge in [0.05, 0.1) is 32.2 Å². The number of esters is 2. The monoisotopic (exact) mass is 483 g/mol. The van der Waals surface area contributed by atoms with Gasteiger partial charge in [0.2, 0.25) is 5.91 Å². The molecule has 1 aliphatic rings. The molecule has 2 rings (SSSR count). The minimum atomic E-state index is -3.77. The van der Waals surface area contributed by atoms with Crippen molar-refractivity contribution >= 4 is 25.4 Å². The maximum atomic E-state index is 13.5. The highest BCUT2D eigenvalue weighted by atomic mass is 31.2. The van der Waals surface area contributed by atoms with E-state index in [9.17, 15) is 18.9 Å². The molecular weight excluding hydrogens is 449 g/mol. The van der Waals surface area contributed by atoms with Crippen LogP contribution in [0.2, 0.25) is 0 Å². The van der Waals surface area contributed by atoms with E-state index >= 15 is 0 Å². The molecule has 1 aliphatic heterocycles. The zero-order chi connectivity index (χ0) is 24.6. The quantitative estimate of drug-likeness (QED) is 0.398. The summed E-state index contributed by atoms with van der Waals surface area (Å²) in [6, 6.07) is 9.26. The van der Waals surface area contributed by atoms with Crippen molar-refractivity contribution in [2.75, 3.05) is 26.4 Å². The highest BCUT2D eigenvalue weighted by Gasteiger charge is 2.49. The van der Waals surface area contributed by atoms with Gasteiger partial charge in [-0.1, -0.05) is 58.0 Å². The SMILES string of the molecule is COC(=O)CCNC(=O)[C@@H]1OP(=O)(C[C@H](C(=O)OCc2ccccc2)C(C)C)OCC1(C)C. The Morgan fingerprint density at radius 1 is 1.21 bits per heavy atom. The van der Waals surface area contributed by atoms with E-state index in [1.165, 1.54) is 7.11 Å². The molecular formula is C23H34NO8P. The summed E-state index contributed by atoms with van der Waals surface area (Å²) < 4.78 is 34.8. The van der Waals surface area contributed by atoms with E-state index in [0.717, 1.165) is 5.56 Å². The molecule has 0 bridgehead atoms. The highest BCUT2D eigenvalue weighted by Crippen LogP contribution is 2.58. The van der Waals surface area contributed by atoms with E-state index in [4.69, 9.17) is 13.8 Å². The van der Waals surface area contributed by atoms with Crippen LogP contribution in [0.5, 0.6) is 0 Å². The number of hydrogen-bond donors (Lipinski definition) is 1. The van der Waals surface area contributed by atoms with Gasteiger partial charge in [0.25, 0.3) is 0 Å². The van der Waals surface area contributed by atoms with Crippen LogP contribution in [0.15, 0.2) is 30.3 Å². The number of amides is 1. The average Bonchev–Trinajstić information content (AvgIpc) is 2.78.